The van der Waals surface area contributed by atoms with Crippen molar-refractivity contribution in [2.45, 2.75) is 33.3 Å². The van der Waals surface area contributed by atoms with Crippen LogP contribution in [-0.2, 0) is 24.1 Å². The van der Waals surface area contributed by atoms with E-state index in [2.05, 4.69) is 18.0 Å². The Kier molecular flexibility index (Phi) is 4.84. The molecule has 0 saturated carbocycles. The lowest BCUT2D eigenvalue weighted by atomic mass is 9.78. The van der Waals surface area contributed by atoms with Crippen molar-refractivity contribution in [3.8, 4) is 10.7 Å². The average molecular weight is 385 g/mol. The van der Waals surface area contributed by atoms with Gasteiger partial charge < -0.3 is 9.68 Å². The highest BCUT2D eigenvalue weighted by atomic mass is 35.5. The van der Waals surface area contributed by atoms with Crippen LogP contribution in [0.1, 0.15) is 35.0 Å². The Morgan fingerprint density at radius 3 is 2.85 bits per heavy atom. The molecular weight excluding hydrogens is 367 g/mol. The van der Waals surface area contributed by atoms with E-state index >= 15 is 0 Å². The van der Waals surface area contributed by atoms with Crippen LogP contribution < -0.4 is 5.46 Å². The topological polar surface area (TPSA) is 55.2 Å². The van der Waals surface area contributed by atoms with Crippen LogP contribution in [0.15, 0.2) is 30.3 Å². The Balaban J connectivity index is 1.73. The number of halogens is 1. The minimum Gasteiger partial charge on any atom is -0.423 e. The summed E-state index contributed by atoms with van der Waals surface area (Å²) in [5.74, 6) is 0.719. The molecule has 0 atom stereocenters. The van der Waals surface area contributed by atoms with Gasteiger partial charge >= 0.3 is 7.12 Å². The molecule has 0 aliphatic carbocycles. The van der Waals surface area contributed by atoms with E-state index in [0.717, 1.165) is 49.4 Å². The molecule has 0 fully saturated rings. The summed E-state index contributed by atoms with van der Waals surface area (Å²) in [6.45, 7) is 4.62. The second kappa shape index (κ2) is 7.12. The van der Waals surface area contributed by atoms with Crippen LogP contribution in [0.5, 0.6) is 0 Å². The molecule has 1 N–H and O–H groups in total. The van der Waals surface area contributed by atoms with Gasteiger partial charge in [-0.2, -0.15) is 0 Å². The maximum Gasteiger partial charge on any atom is 0.491 e. The number of benzene rings is 1. The van der Waals surface area contributed by atoms with Crippen LogP contribution in [0.3, 0.4) is 0 Å². The quantitative estimate of drug-likeness (QED) is 0.699. The first kappa shape index (κ1) is 17.7. The number of rotatable bonds is 4. The summed E-state index contributed by atoms with van der Waals surface area (Å²) in [4.78, 5) is 10.5. The molecule has 0 amide bonds. The first-order valence-electron chi connectivity index (χ1n) is 8.58. The van der Waals surface area contributed by atoms with Crippen LogP contribution in [0.25, 0.3) is 10.7 Å². The second-order valence-corrected chi connectivity index (χ2v) is 8.10. The zero-order valence-corrected chi connectivity index (χ0v) is 16.2. The first-order valence-corrected chi connectivity index (χ1v) is 9.78. The monoisotopic (exact) mass is 384 g/mol. The Morgan fingerprint density at radius 2 is 2.12 bits per heavy atom. The van der Waals surface area contributed by atoms with Crippen LogP contribution in [-0.4, -0.2) is 22.1 Å². The van der Waals surface area contributed by atoms with Gasteiger partial charge in [0.25, 0.3) is 0 Å². The van der Waals surface area contributed by atoms with Crippen LogP contribution in [0.4, 0.5) is 0 Å². The third-order valence-corrected chi connectivity index (χ3v) is 5.92. The number of thiophene rings is 1. The van der Waals surface area contributed by atoms with Gasteiger partial charge in [-0.25, -0.2) is 9.97 Å². The molecule has 0 spiro atoms. The number of hydrogen-bond acceptors (Lipinski definition) is 5. The zero-order valence-electron chi connectivity index (χ0n) is 14.6. The third-order valence-electron chi connectivity index (χ3n) is 4.69. The van der Waals surface area contributed by atoms with Gasteiger partial charge in [0.05, 0.1) is 21.5 Å². The summed E-state index contributed by atoms with van der Waals surface area (Å²) in [7, 11) is -0.827. The summed E-state index contributed by atoms with van der Waals surface area (Å²) in [6, 6.07) is 9.96. The van der Waals surface area contributed by atoms with Crippen molar-refractivity contribution in [3.63, 3.8) is 0 Å². The van der Waals surface area contributed by atoms with E-state index in [4.69, 9.17) is 21.2 Å². The summed E-state index contributed by atoms with van der Waals surface area (Å²) in [5.41, 5.74) is 6.21. The summed E-state index contributed by atoms with van der Waals surface area (Å²) < 4.78 is 6.02. The van der Waals surface area contributed by atoms with Crippen molar-refractivity contribution >= 4 is 35.5 Å². The van der Waals surface area contributed by atoms with E-state index in [-0.39, 0.29) is 0 Å². The highest BCUT2D eigenvalue weighted by Gasteiger charge is 2.27. The van der Waals surface area contributed by atoms with Gasteiger partial charge in [-0.05, 0) is 47.6 Å². The van der Waals surface area contributed by atoms with Crippen molar-refractivity contribution in [1.29, 1.82) is 0 Å². The summed E-state index contributed by atoms with van der Waals surface area (Å²) in [6.07, 6.45) is 1.57. The van der Waals surface area contributed by atoms with Gasteiger partial charge in [0.15, 0.2) is 5.82 Å². The smallest absolute Gasteiger partial charge is 0.423 e. The van der Waals surface area contributed by atoms with Crippen LogP contribution in [0.2, 0.25) is 4.34 Å². The fourth-order valence-corrected chi connectivity index (χ4v) is 4.35. The number of fused-ring (bicyclic) bond motifs is 1. The molecule has 1 aliphatic rings. The standard InChI is InChI=1S/C19H18BClN2O2S/c1-3-14-11(2)22-19(17-6-7-18(21)26-17)23-16(14)9-12-4-5-13-10-25-20(24)15(13)8-12/h4-8,24H,3,9-10H2,1-2H3. The van der Waals surface area contributed by atoms with Gasteiger partial charge in [0.2, 0.25) is 0 Å². The minimum absolute atomic E-state index is 0.465. The lowest BCUT2D eigenvalue weighted by molar-refractivity contribution is 0.275. The molecular formula is C19H18BClN2O2S. The fraction of sp³-hybridized carbons (Fsp3) is 0.263. The Labute approximate surface area is 162 Å². The van der Waals surface area contributed by atoms with Crippen LogP contribution in [0, 0.1) is 6.92 Å². The van der Waals surface area contributed by atoms with Gasteiger partial charge in [-0.15, -0.1) is 11.3 Å². The molecule has 4 rings (SSSR count). The fourth-order valence-electron chi connectivity index (χ4n) is 3.37. The number of hydrogen-bond donors (Lipinski definition) is 1. The summed E-state index contributed by atoms with van der Waals surface area (Å²) in [5, 5.41) is 9.95. The van der Waals surface area contributed by atoms with Crippen molar-refractivity contribution < 1.29 is 9.68 Å². The van der Waals surface area contributed by atoms with E-state index in [1.54, 1.807) is 0 Å². The van der Waals surface area contributed by atoms with Crippen molar-refractivity contribution in [2.75, 3.05) is 0 Å². The maximum atomic E-state index is 9.95. The van der Waals surface area contributed by atoms with Crippen molar-refractivity contribution in [3.05, 3.63) is 62.7 Å². The average Bonchev–Trinajstić information content (AvgIpc) is 3.21. The highest BCUT2D eigenvalue weighted by Crippen LogP contribution is 2.30. The largest absolute Gasteiger partial charge is 0.491 e. The minimum atomic E-state index is -0.827. The Morgan fingerprint density at radius 1 is 1.27 bits per heavy atom. The molecule has 0 bridgehead atoms. The van der Waals surface area contributed by atoms with E-state index < -0.39 is 7.12 Å². The van der Waals surface area contributed by atoms with Crippen LogP contribution >= 0.6 is 22.9 Å². The number of aromatic nitrogens is 2. The molecule has 1 aromatic carbocycles. The maximum absolute atomic E-state index is 9.95. The third kappa shape index (κ3) is 3.30. The predicted molar refractivity (Wildman–Crippen MR) is 106 cm³/mol. The first-order chi connectivity index (χ1) is 12.5. The lowest BCUT2D eigenvalue weighted by Crippen LogP contribution is -2.28. The van der Waals surface area contributed by atoms with E-state index in [1.807, 2.05) is 31.2 Å². The molecule has 2 aromatic heterocycles. The highest BCUT2D eigenvalue weighted by molar-refractivity contribution is 7.19. The van der Waals surface area contributed by atoms with Gasteiger partial charge in [0.1, 0.15) is 0 Å². The molecule has 7 heteroatoms. The Hall–Kier alpha value is -1.73. The van der Waals surface area contributed by atoms with Gasteiger partial charge in [-0.3, -0.25) is 0 Å². The van der Waals surface area contributed by atoms with Gasteiger partial charge in [-0.1, -0.05) is 36.7 Å². The van der Waals surface area contributed by atoms with Crippen molar-refractivity contribution in [2.24, 2.45) is 0 Å². The molecule has 3 aromatic rings. The molecule has 0 radical (unpaired) electrons. The Bertz CT molecular complexity index is 976. The van der Waals surface area contributed by atoms with E-state index in [9.17, 15) is 5.02 Å². The molecule has 0 saturated heterocycles. The normalized spacial score (nSPS) is 13.3. The molecule has 0 unspecified atom stereocenters. The predicted octanol–water partition coefficient (Wildman–Crippen LogP) is 3.54. The molecule has 1 aliphatic heterocycles. The number of aryl methyl sites for hydroxylation is 1. The van der Waals surface area contributed by atoms with E-state index in [0.29, 0.717) is 13.0 Å². The van der Waals surface area contributed by atoms with Gasteiger partial charge in [0, 0.05) is 12.1 Å². The molecule has 4 nitrogen and oxygen atoms in total. The lowest BCUT2D eigenvalue weighted by Gasteiger charge is -2.12. The zero-order chi connectivity index (χ0) is 18.3. The number of nitrogens with zero attached hydrogens (tertiary/aromatic N) is 2. The molecule has 132 valence electrons. The van der Waals surface area contributed by atoms with E-state index in [1.165, 1.54) is 16.9 Å². The summed E-state index contributed by atoms with van der Waals surface area (Å²) >= 11 is 7.56. The SMILES string of the molecule is CCc1c(C)nc(-c2ccc(Cl)s2)nc1Cc1ccc2c(c1)B(O)OC2. The van der Waals surface area contributed by atoms with Crippen molar-refractivity contribution in [1.82, 2.24) is 9.97 Å². The molecule has 26 heavy (non-hydrogen) atoms. The second-order valence-electron chi connectivity index (χ2n) is 6.39. The molecule has 3 heterocycles.